The Morgan fingerprint density at radius 2 is 1.62 bits per heavy atom. The Morgan fingerprint density at radius 3 is 2.24 bits per heavy atom. The van der Waals surface area contributed by atoms with Gasteiger partial charge in [0.2, 0.25) is 0 Å². The Morgan fingerprint density at radius 1 is 0.966 bits per heavy atom. The van der Waals surface area contributed by atoms with Crippen molar-refractivity contribution in [1.29, 1.82) is 0 Å². The third-order valence-corrected chi connectivity index (χ3v) is 5.70. The highest BCUT2D eigenvalue weighted by Gasteiger charge is 2.31. The Balaban J connectivity index is 1.82. The van der Waals surface area contributed by atoms with Crippen molar-refractivity contribution in [3.63, 3.8) is 0 Å². The zero-order valence-electron chi connectivity index (χ0n) is 15.0. The molecule has 0 aliphatic heterocycles. The van der Waals surface area contributed by atoms with E-state index in [0.717, 1.165) is 17.7 Å². The Labute approximate surface area is 170 Å². The lowest BCUT2D eigenvalue weighted by Gasteiger charge is -2.13. The first-order valence-electron chi connectivity index (χ1n) is 8.29. The molecule has 0 fully saturated rings. The van der Waals surface area contributed by atoms with Gasteiger partial charge >= 0.3 is 6.18 Å². The van der Waals surface area contributed by atoms with Crippen LogP contribution in [0.5, 0.6) is 11.5 Å². The zero-order chi connectivity index (χ0) is 21.2. The summed E-state index contributed by atoms with van der Waals surface area (Å²) in [6, 6.07) is 15.2. The lowest BCUT2D eigenvalue weighted by molar-refractivity contribution is -0.137. The number of nitrogens with one attached hydrogen (secondary N) is 1. The fourth-order valence-corrected chi connectivity index (χ4v) is 3.76. The standard InChI is InChI=1S/C20H15ClF3NO3S/c1-13-4-2-3-5-19(13)28-15-7-9-16(10-8-15)29(26,27)25-18-12-14(20(22,23)24)6-11-17(18)21/h2-12,25H,1H3. The zero-order valence-corrected chi connectivity index (χ0v) is 16.6. The third-order valence-electron chi connectivity index (χ3n) is 3.99. The van der Waals surface area contributed by atoms with Crippen LogP contribution in [0.3, 0.4) is 0 Å². The number of sulfonamides is 1. The molecular formula is C20H15ClF3NO3S. The van der Waals surface area contributed by atoms with E-state index >= 15 is 0 Å². The van der Waals surface area contributed by atoms with Gasteiger partial charge in [0, 0.05) is 0 Å². The van der Waals surface area contributed by atoms with Crippen LogP contribution in [0.1, 0.15) is 11.1 Å². The van der Waals surface area contributed by atoms with Gasteiger partial charge in [-0.3, -0.25) is 4.72 Å². The molecule has 0 aliphatic carbocycles. The van der Waals surface area contributed by atoms with E-state index in [0.29, 0.717) is 17.6 Å². The molecule has 0 saturated carbocycles. The number of hydrogen-bond acceptors (Lipinski definition) is 3. The summed E-state index contributed by atoms with van der Waals surface area (Å²) < 4.78 is 71.5. The summed E-state index contributed by atoms with van der Waals surface area (Å²) in [5.74, 6) is 1.03. The van der Waals surface area contributed by atoms with Crippen LogP contribution in [0.4, 0.5) is 18.9 Å². The number of hydrogen-bond donors (Lipinski definition) is 1. The highest BCUT2D eigenvalue weighted by molar-refractivity contribution is 7.92. The van der Waals surface area contributed by atoms with Crippen LogP contribution in [-0.2, 0) is 16.2 Å². The topological polar surface area (TPSA) is 55.4 Å². The number of para-hydroxylation sites is 1. The van der Waals surface area contributed by atoms with E-state index in [-0.39, 0.29) is 15.6 Å². The van der Waals surface area contributed by atoms with Gasteiger partial charge in [0.15, 0.2) is 0 Å². The fraction of sp³-hybridized carbons (Fsp3) is 0.100. The van der Waals surface area contributed by atoms with Crippen molar-refractivity contribution in [1.82, 2.24) is 0 Å². The van der Waals surface area contributed by atoms with Crippen LogP contribution in [-0.4, -0.2) is 8.42 Å². The fourth-order valence-electron chi connectivity index (χ4n) is 2.47. The molecule has 0 aliphatic rings. The van der Waals surface area contributed by atoms with Gasteiger partial charge in [-0.1, -0.05) is 29.8 Å². The van der Waals surface area contributed by atoms with Gasteiger partial charge in [-0.15, -0.1) is 0 Å². The second kappa shape index (κ2) is 7.96. The van der Waals surface area contributed by atoms with Crippen LogP contribution in [0.25, 0.3) is 0 Å². The maximum atomic E-state index is 12.9. The molecule has 0 bridgehead atoms. The second-order valence-corrected chi connectivity index (χ2v) is 8.23. The van der Waals surface area contributed by atoms with Crippen LogP contribution in [0.15, 0.2) is 71.6 Å². The summed E-state index contributed by atoms with van der Waals surface area (Å²) >= 11 is 5.86. The first-order chi connectivity index (χ1) is 13.6. The number of halogens is 4. The summed E-state index contributed by atoms with van der Waals surface area (Å²) in [5, 5.41) is -0.152. The molecular weight excluding hydrogens is 427 g/mol. The minimum absolute atomic E-state index is 0.150. The van der Waals surface area contributed by atoms with Gasteiger partial charge in [-0.2, -0.15) is 13.2 Å². The molecule has 0 saturated heterocycles. The van der Waals surface area contributed by atoms with Crippen LogP contribution >= 0.6 is 11.6 Å². The predicted octanol–water partition coefficient (Wildman–Crippen LogP) is 6.26. The smallest absolute Gasteiger partial charge is 0.416 e. The Kier molecular flexibility index (Phi) is 5.77. The SMILES string of the molecule is Cc1ccccc1Oc1ccc(S(=O)(=O)Nc2cc(C(F)(F)F)ccc2Cl)cc1. The Bertz CT molecular complexity index is 1130. The predicted molar refractivity (Wildman–Crippen MR) is 105 cm³/mol. The summed E-state index contributed by atoms with van der Waals surface area (Å²) in [4.78, 5) is -0.150. The summed E-state index contributed by atoms with van der Waals surface area (Å²) in [5.41, 5.74) is -0.464. The first-order valence-corrected chi connectivity index (χ1v) is 10.2. The van der Waals surface area contributed by atoms with E-state index in [2.05, 4.69) is 4.72 Å². The van der Waals surface area contributed by atoms with Crippen molar-refractivity contribution >= 4 is 27.3 Å². The number of benzene rings is 3. The first kappa shape index (κ1) is 21.0. The molecule has 0 aromatic heterocycles. The maximum absolute atomic E-state index is 12.9. The van der Waals surface area contributed by atoms with Gasteiger partial charge in [0.1, 0.15) is 11.5 Å². The van der Waals surface area contributed by atoms with Crippen molar-refractivity contribution in [2.75, 3.05) is 4.72 Å². The normalized spacial score (nSPS) is 11.9. The molecule has 152 valence electrons. The molecule has 3 aromatic rings. The van der Waals surface area contributed by atoms with Crippen molar-refractivity contribution in [2.45, 2.75) is 18.0 Å². The molecule has 1 N–H and O–H groups in total. The van der Waals surface area contributed by atoms with Gasteiger partial charge in [-0.25, -0.2) is 8.42 Å². The Hall–Kier alpha value is -2.71. The van der Waals surface area contributed by atoms with Gasteiger partial charge in [0.25, 0.3) is 10.0 Å². The van der Waals surface area contributed by atoms with Crippen molar-refractivity contribution < 1.29 is 26.3 Å². The van der Waals surface area contributed by atoms with Gasteiger partial charge < -0.3 is 4.74 Å². The van der Waals surface area contributed by atoms with E-state index in [1.807, 2.05) is 25.1 Å². The molecule has 0 radical (unpaired) electrons. The molecule has 29 heavy (non-hydrogen) atoms. The van der Waals surface area contributed by atoms with Crippen molar-refractivity contribution in [2.24, 2.45) is 0 Å². The van der Waals surface area contributed by atoms with E-state index in [1.54, 1.807) is 6.07 Å². The molecule has 3 aromatic carbocycles. The minimum Gasteiger partial charge on any atom is -0.457 e. The molecule has 3 rings (SSSR count). The number of ether oxygens (including phenoxy) is 1. The van der Waals surface area contributed by atoms with E-state index in [9.17, 15) is 21.6 Å². The van der Waals surface area contributed by atoms with Gasteiger partial charge in [-0.05, 0) is 61.0 Å². The quantitative estimate of drug-likeness (QED) is 0.508. The molecule has 0 unspecified atom stereocenters. The molecule has 0 heterocycles. The second-order valence-electron chi connectivity index (χ2n) is 6.14. The largest absolute Gasteiger partial charge is 0.457 e. The van der Waals surface area contributed by atoms with Crippen LogP contribution < -0.4 is 9.46 Å². The summed E-state index contributed by atoms with van der Waals surface area (Å²) in [7, 11) is -4.15. The maximum Gasteiger partial charge on any atom is 0.416 e. The third kappa shape index (κ3) is 5.02. The summed E-state index contributed by atoms with van der Waals surface area (Å²) in [6.07, 6.45) is -4.63. The average Bonchev–Trinajstić information content (AvgIpc) is 2.65. The lowest BCUT2D eigenvalue weighted by atomic mass is 10.2. The monoisotopic (exact) mass is 441 g/mol. The van der Waals surface area contributed by atoms with Gasteiger partial charge in [0.05, 0.1) is 21.2 Å². The minimum atomic E-state index is -4.63. The number of anilines is 1. The summed E-state index contributed by atoms with van der Waals surface area (Å²) in [6.45, 7) is 1.87. The number of alkyl halides is 3. The lowest BCUT2D eigenvalue weighted by Crippen LogP contribution is -2.14. The molecule has 0 spiro atoms. The van der Waals surface area contributed by atoms with E-state index in [1.165, 1.54) is 24.3 Å². The van der Waals surface area contributed by atoms with Crippen LogP contribution in [0.2, 0.25) is 5.02 Å². The molecule has 0 amide bonds. The number of rotatable bonds is 5. The number of aryl methyl sites for hydroxylation is 1. The van der Waals surface area contributed by atoms with E-state index < -0.39 is 21.8 Å². The molecule has 9 heteroatoms. The van der Waals surface area contributed by atoms with E-state index in [4.69, 9.17) is 16.3 Å². The molecule has 4 nitrogen and oxygen atoms in total. The van der Waals surface area contributed by atoms with Crippen LogP contribution in [0, 0.1) is 6.92 Å². The van der Waals surface area contributed by atoms with Crippen molar-refractivity contribution in [3.8, 4) is 11.5 Å². The highest BCUT2D eigenvalue weighted by Crippen LogP contribution is 2.35. The van der Waals surface area contributed by atoms with Crippen molar-refractivity contribution in [3.05, 3.63) is 82.9 Å². The highest BCUT2D eigenvalue weighted by atomic mass is 35.5. The average molecular weight is 442 g/mol. The molecule has 0 atom stereocenters.